The topological polar surface area (TPSA) is 76.0 Å². The average Bonchev–Trinajstić information content (AvgIpc) is 3.43. The van der Waals surface area contributed by atoms with E-state index in [1.165, 1.54) is 5.56 Å². The Labute approximate surface area is 165 Å². The molecule has 28 heavy (non-hydrogen) atoms. The SMILES string of the molecule is Clc1cc2c(c(-c3ccnc4[nH]ccc34)c1)O[C@H](c1onc3c1CCNC3)C2. The van der Waals surface area contributed by atoms with E-state index >= 15 is 0 Å². The lowest BCUT2D eigenvalue weighted by Crippen LogP contribution is -2.24. The predicted molar refractivity (Wildman–Crippen MR) is 106 cm³/mol. The molecule has 0 amide bonds. The number of pyridine rings is 1. The average molecular weight is 393 g/mol. The summed E-state index contributed by atoms with van der Waals surface area (Å²) in [6.07, 6.45) is 5.15. The summed E-state index contributed by atoms with van der Waals surface area (Å²) in [4.78, 5) is 7.55. The van der Waals surface area contributed by atoms with Gasteiger partial charge in [0.1, 0.15) is 17.1 Å². The summed E-state index contributed by atoms with van der Waals surface area (Å²) in [5.74, 6) is 1.71. The Hall–Kier alpha value is -2.83. The molecule has 0 spiro atoms. The number of hydrogen-bond donors (Lipinski definition) is 2. The van der Waals surface area contributed by atoms with Gasteiger partial charge in [-0.05, 0) is 42.8 Å². The maximum Gasteiger partial charge on any atom is 0.181 e. The molecule has 2 aliphatic heterocycles. The molecule has 2 N–H and O–H groups in total. The second-order valence-corrected chi connectivity index (χ2v) is 7.69. The molecule has 4 aromatic rings. The van der Waals surface area contributed by atoms with Crippen LogP contribution in [0.1, 0.15) is 28.7 Å². The van der Waals surface area contributed by atoms with Crippen molar-refractivity contribution in [3.05, 3.63) is 64.3 Å². The molecule has 5 heterocycles. The number of fused-ring (bicyclic) bond motifs is 3. The molecule has 0 radical (unpaired) electrons. The van der Waals surface area contributed by atoms with Crippen molar-refractivity contribution in [2.24, 2.45) is 0 Å². The van der Waals surface area contributed by atoms with Crippen LogP contribution in [0.25, 0.3) is 22.2 Å². The van der Waals surface area contributed by atoms with Gasteiger partial charge in [0.15, 0.2) is 11.9 Å². The lowest BCUT2D eigenvalue weighted by atomic mass is 9.98. The highest BCUT2D eigenvalue weighted by Crippen LogP contribution is 2.47. The fourth-order valence-corrected chi connectivity index (χ4v) is 4.54. The lowest BCUT2D eigenvalue weighted by molar-refractivity contribution is 0.189. The third-order valence-electron chi connectivity index (χ3n) is 5.58. The first-order valence-corrected chi connectivity index (χ1v) is 9.75. The zero-order valence-corrected chi connectivity index (χ0v) is 15.7. The molecule has 6 rings (SSSR count). The van der Waals surface area contributed by atoms with Crippen molar-refractivity contribution >= 4 is 22.6 Å². The van der Waals surface area contributed by atoms with Crippen LogP contribution in [0.15, 0.2) is 41.2 Å². The van der Waals surface area contributed by atoms with Crippen LogP contribution in [0.2, 0.25) is 5.02 Å². The third-order valence-corrected chi connectivity index (χ3v) is 5.80. The number of nitrogens with zero attached hydrogens (tertiary/aromatic N) is 2. The minimum atomic E-state index is -0.176. The molecule has 7 heteroatoms. The van der Waals surface area contributed by atoms with E-state index in [1.54, 1.807) is 6.20 Å². The number of H-pyrrole nitrogens is 1. The molecule has 3 aromatic heterocycles. The fraction of sp³-hybridized carbons (Fsp3) is 0.238. The molecule has 0 aliphatic carbocycles. The molecular formula is C21H17ClN4O2. The van der Waals surface area contributed by atoms with Gasteiger partial charge in [-0.15, -0.1) is 0 Å². The van der Waals surface area contributed by atoms with Crippen molar-refractivity contribution in [1.82, 2.24) is 20.4 Å². The standard InChI is InChI=1S/C21H17ClN4O2/c22-12-7-11-8-18(20-15-1-4-23-10-17(15)26-28-20)27-19(11)16(9-12)13-2-5-24-21-14(13)3-6-25-21/h2-3,5-7,9,18,23H,1,4,8,10H2,(H,24,25)/t18-/m0/s1. The number of benzene rings is 1. The molecule has 1 aromatic carbocycles. The Kier molecular flexibility index (Phi) is 3.51. The van der Waals surface area contributed by atoms with Gasteiger partial charge in [0.25, 0.3) is 0 Å². The van der Waals surface area contributed by atoms with E-state index in [9.17, 15) is 0 Å². The van der Waals surface area contributed by atoms with Crippen molar-refractivity contribution in [1.29, 1.82) is 0 Å². The molecule has 0 unspecified atom stereocenters. The highest BCUT2D eigenvalue weighted by atomic mass is 35.5. The van der Waals surface area contributed by atoms with E-state index < -0.39 is 0 Å². The van der Waals surface area contributed by atoms with Crippen LogP contribution in [-0.2, 0) is 19.4 Å². The zero-order chi connectivity index (χ0) is 18.7. The number of halogens is 1. The van der Waals surface area contributed by atoms with Gasteiger partial charge in [0, 0.05) is 52.5 Å². The first-order valence-electron chi connectivity index (χ1n) is 9.37. The van der Waals surface area contributed by atoms with Crippen molar-refractivity contribution in [3.63, 3.8) is 0 Å². The van der Waals surface area contributed by atoms with Gasteiger partial charge in [0.2, 0.25) is 0 Å². The van der Waals surface area contributed by atoms with Gasteiger partial charge in [-0.2, -0.15) is 0 Å². The number of ether oxygens (including phenoxy) is 1. The smallest absolute Gasteiger partial charge is 0.181 e. The minimum absolute atomic E-state index is 0.176. The number of aromatic amines is 1. The highest BCUT2D eigenvalue weighted by Gasteiger charge is 2.34. The van der Waals surface area contributed by atoms with Crippen LogP contribution in [0.4, 0.5) is 0 Å². The minimum Gasteiger partial charge on any atom is -0.481 e. The summed E-state index contributed by atoms with van der Waals surface area (Å²) < 4.78 is 12.1. The normalized spacial score (nSPS) is 18.1. The number of aromatic nitrogens is 3. The largest absolute Gasteiger partial charge is 0.481 e. The van der Waals surface area contributed by atoms with E-state index in [0.717, 1.165) is 70.9 Å². The summed E-state index contributed by atoms with van der Waals surface area (Å²) in [7, 11) is 0. The van der Waals surface area contributed by atoms with Crippen LogP contribution in [0, 0.1) is 0 Å². The van der Waals surface area contributed by atoms with Gasteiger partial charge in [0.05, 0.1) is 0 Å². The van der Waals surface area contributed by atoms with Gasteiger partial charge < -0.3 is 19.6 Å². The Balaban J connectivity index is 1.46. The van der Waals surface area contributed by atoms with E-state index in [-0.39, 0.29) is 6.10 Å². The molecular weight excluding hydrogens is 376 g/mol. The van der Waals surface area contributed by atoms with Crippen molar-refractivity contribution in [2.75, 3.05) is 6.54 Å². The monoisotopic (exact) mass is 392 g/mol. The predicted octanol–water partition coefficient (Wildman–Crippen LogP) is 4.19. The maximum absolute atomic E-state index is 6.47. The fourth-order valence-electron chi connectivity index (χ4n) is 4.30. The molecule has 1 atom stereocenters. The van der Waals surface area contributed by atoms with Crippen molar-refractivity contribution in [2.45, 2.75) is 25.5 Å². The highest BCUT2D eigenvalue weighted by molar-refractivity contribution is 6.31. The van der Waals surface area contributed by atoms with E-state index in [2.05, 4.69) is 20.4 Å². The van der Waals surface area contributed by atoms with E-state index in [4.69, 9.17) is 20.9 Å². The first-order chi connectivity index (χ1) is 13.8. The quantitative estimate of drug-likeness (QED) is 0.535. The molecule has 0 fully saturated rings. The van der Waals surface area contributed by atoms with Gasteiger partial charge >= 0.3 is 0 Å². The van der Waals surface area contributed by atoms with Crippen LogP contribution in [0.5, 0.6) is 5.75 Å². The first kappa shape index (κ1) is 16.2. The van der Waals surface area contributed by atoms with Crippen LogP contribution in [-0.4, -0.2) is 21.7 Å². The Bertz CT molecular complexity index is 1210. The van der Waals surface area contributed by atoms with Crippen LogP contribution >= 0.6 is 11.6 Å². The zero-order valence-electron chi connectivity index (χ0n) is 15.0. The van der Waals surface area contributed by atoms with Crippen molar-refractivity contribution in [3.8, 4) is 16.9 Å². The molecule has 140 valence electrons. The Morgan fingerprint density at radius 3 is 3.11 bits per heavy atom. The van der Waals surface area contributed by atoms with Gasteiger partial charge in [-0.1, -0.05) is 16.8 Å². The van der Waals surface area contributed by atoms with Crippen molar-refractivity contribution < 1.29 is 9.26 Å². The van der Waals surface area contributed by atoms with Crippen LogP contribution < -0.4 is 10.1 Å². The Morgan fingerprint density at radius 2 is 2.14 bits per heavy atom. The summed E-state index contributed by atoms with van der Waals surface area (Å²) >= 11 is 6.47. The summed E-state index contributed by atoms with van der Waals surface area (Å²) in [6.45, 7) is 1.68. The van der Waals surface area contributed by atoms with Crippen LogP contribution in [0.3, 0.4) is 0 Å². The van der Waals surface area contributed by atoms with Gasteiger partial charge in [-0.25, -0.2) is 4.98 Å². The second kappa shape index (κ2) is 6.09. The molecule has 6 nitrogen and oxygen atoms in total. The number of rotatable bonds is 2. The number of hydrogen-bond acceptors (Lipinski definition) is 5. The second-order valence-electron chi connectivity index (χ2n) is 7.25. The summed E-state index contributed by atoms with van der Waals surface area (Å²) in [6, 6.07) is 7.97. The Morgan fingerprint density at radius 1 is 1.18 bits per heavy atom. The summed E-state index contributed by atoms with van der Waals surface area (Å²) in [5.41, 5.74) is 6.13. The maximum atomic E-state index is 6.47. The molecule has 0 bridgehead atoms. The molecule has 2 aliphatic rings. The lowest BCUT2D eigenvalue weighted by Gasteiger charge is -2.15. The van der Waals surface area contributed by atoms with E-state index in [0.29, 0.717) is 5.02 Å². The summed E-state index contributed by atoms with van der Waals surface area (Å²) in [5, 5.41) is 9.31. The van der Waals surface area contributed by atoms with Gasteiger partial charge in [-0.3, -0.25) is 0 Å². The van der Waals surface area contributed by atoms with E-state index in [1.807, 2.05) is 30.5 Å². The number of nitrogens with one attached hydrogen (secondary N) is 2. The third kappa shape index (κ3) is 2.38. The molecule has 0 saturated carbocycles. The molecule has 0 saturated heterocycles.